The second kappa shape index (κ2) is 7.75. The number of nitrogens with zero attached hydrogens (tertiary/aromatic N) is 2. The Balaban J connectivity index is 1.45. The third-order valence-electron chi connectivity index (χ3n) is 5.62. The van der Waals surface area contributed by atoms with Crippen LogP contribution in [0.25, 0.3) is 0 Å². The van der Waals surface area contributed by atoms with Gasteiger partial charge >= 0.3 is 0 Å². The van der Waals surface area contributed by atoms with Gasteiger partial charge in [-0.15, -0.1) is 0 Å². The Kier molecular flexibility index (Phi) is 5.71. The number of rotatable bonds is 4. The first-order chi connectivity index (χ1) is 10.7. The highest BCUT2D eigenvalue weighted by atomic mass is 16.5. The number of carbonyl (C=O) groups excluding carboxylic acids is 1. The van der Waals surface area contributed by atoms with E-state index in [9.17, 15) is 4.79 Å². The van der Waals surface area contributed by atoms with Crippen LogP contribution in [0.3, 0.4) is 0 Å². The standard InChI is InChI=1S/C17H31N3O2/c18-16(15-5-10-22-11-6-15)17(21)20-9-4-14(13-20)12-19-7-2-1-3-8-19/h14-16H,1-13,18H2. The summed E-state index contributed by atoms with van der Waals surface area (Å²) in [7, 11) is 0. The van der Waals surface area contributed by atoms with Crippen LogP contribution in [0.1, 0.15) is 38.5 Å². The summed E-state index contributed by atoms with van der Waals surface area (Å²) in [5, 5.41) is 0. The normalized spacial score (nSPS) is 29.7. The summed E-state index contributed by atoms with van der Waals surface area (Å²) in [5.41, 5.74) is 6.24. The van der Waals surface area contributed by atoms with Gasteiger partial charge in [0, 0.05) is 32.8 Å². The van der Waals surface area contributed by atoms with Gasteiger partial charge in [0.05, 0.1) is 6.04 Å². The van der Waals surface area contributed by atoms with E-state index in [0.29, 0.717) is 11.8 Å². The lowest BCUT2D eigenvalue weighted by Gasteiger charge is -2.31. The van der Waals surface area contributed by atoms with Crippen molar-refractivity contribution in [2.24, 2.45) is 17.6 Å². The minimum Gasteiger partial charge on any atom is -0.381 e. The summed E-state index contributed by atoms with van der Waals surface area (Å²) in [6.07, 6.45) is 7.05. The molecule has 5 heteroatoms. The monoisotopic (exact) mass is 309 g/mol. The highest BCUT2D eigenvalue weighted by Gasteiger charge is 2.34. The van der Waals surface area contributed by atoms with Crippen molar-refractivity contribution in [1.82, 2.24) is 9.80 Å². The Labute approximate surface area is 134 Å². The van der Waals surface area contributed by atoms with E-state index >= 15 is 0 Å². The molecular weight excluding hydrogens is 278 g/mol. The molecule has 0 aliphatic carbocycles. The summed E-state index contributed by atoms with van der Waals surface area (Å²) in [5.74, 6) is 1.12. The van der Waals surface area contributed by atoms with Gasteiger partial charge in [-0.25, -0.2) is 0 Å². The van der Waals surface area contributed by atoms with Crippen LogP contribution in [0.2, 0.25) is 0 Å². The van der Waals surface area contributed by atoms with Crippen molar-refractivity contribution in [2.75, 3.05) is 45.9 Å². The molecular formula is C17H31N3O2. The van der Waals surface area contributed by atoms with Crippen LogP contribution < -0.4 is 5.73 Å². The van der Waals surface area contributed by atoms with E-state index in [1.54, 1.807) is 0 Å². The molecule has 3 heterocycles. The lowest BCUT2D eigenvalue weighted by atomic mass is 9.91. The van der Waals surface area contributed by atoms with Gasteiger partial charge in [0.2, 0.25) is 5.91 Å². The molecule has 3 fully saturated rings. The molecule has 22 heavy (non-hydrogen) atoms. The lowest BCUT2D eigenvalue weighted by Crippen LogP contribution is -2.48. The predicted molar refractivity (Wildman–Crippen MR) is 86.5 cm³/mol. The average molecular weight is 309 g/mol. The van der Waals surface area contributed by atoms with E-state index in [1.165, 1.54) is 32.4 Å². The van der Waals surface area contributed by atoms with Crippen LogP contribution in [0, 0.1) is 11.8 Å². The van der Waals surface area contributed by atoms with Gasteiger partial charge < -0.3 is 20.3 Å². The molecule has 2 unspecified atom stereocenters. The first kappa shape index (κ1) is 16.2. The van der Waals surface area contributed by atoms with Crippen molar-refractivity contribution in [2.45, 2.75) is 44.6 Å². The van der Waals surface area contributed by atoms with Crippen LogP contribution in [0.4, 0.5) is 0 Å². The van der Waals surface area contributed by atoms with E-state index in [2.05, 4.69) is 4.90 Å². The van der Waals surface area contributed by atoms with Crippen molar-refractivity contribution in [1.29, 1.82) is 0 Å². The molecule has 3 rings (SSSR count). The molecule has 3 aliphatic heterocycles. The molecule has 0 aromatic rings. The Morgan fingerprint density at radius 1 is 1.09 bits per heavy atom. The molecule has 5 nitrogen and oxygen atoms in total. The molecule has 0 saturated carbocycles. The maximum Gasteiger partial charge on any atom is 0.239 e. The number of hydrogen-bond acceptors (Lipinski definition) is 4. The van der Waals surface area contributed by atoms with Gasteiger partial charge in [-0.1, -0.05) is 6.42 Å². The number of ether oxygens (including phenoxy) is 1. The van der Waals surface area contributed by atoms with Crippen molar-refractivity contribution in [3.05, 3.63) is 0 Å². The second-order valence-electron chi connectivity index (χ2n) is 7.28. The Bertz CT molecular complexity index is 365. The van der Waals surface area contributed by atoms with Crippen molar-refractivity contribution in [3.8, 4) is 0 Å². The smallest absolute Gasteiger partial charge is 0.239 e. The van der Waals surface area contributed by atoms with Crippen LogP contribution in [0.15, 0.2) is 0 Å². The number of hydrogen-bond donors (Lipinski definition) is 1. The number of piperidine rings is 1. The minimum atomic E-state index is -0.322. The SMILES string of the molecule is NC(C(=O)N1CCC(CN2CCCCC2)C1)C1CCOCC1. The molecule has 0 aromatic carbocycles. The first-order valence-electron chi connectivity index (χ1n) is 9.08. The maximum absolute atomic E-state index is 12.6. The van der Waals surface area contributed by atoms with Crippen molar-refractivity contribution >= 4 is 5.91 Å². The molecule has 0 radical (unpaired) electrons. The third-order valence-corrected chi connectivity index (χ3v) is 5.62. The molecule has 0 aromatic heterocycles. The summed E-state index contributed by atoms with van der Waals surface area (Å²) in [6.45, 7) is 6.96. The number of amides is 1. The van der Waals surface area contributed by atoms with E-state index in [1.807, 2.05) is 4.90 Å². The number of likely N-dealkylation sites (tertiary alicyclic amines) is 2. The Hall–Kier alpha value is -0.650. The predicted octanol–water partition coefficient (Wildman–Crippen LogP) is 1.07. The van der Waals surface area contributed by atoms with Crippen LogP contribution in [-0.2, 0) is 9.53 Å². The largest absolute Gasteiger partial charge is 0.381 e. The zero-order chi connectivity index (χ0) is 15.4. The maximum atomic E-state index is 12.6. The Morgan fingerprint density at radius 2 is 1.82 bits per heavy atom. The zero-order valence-corrected chi connectivity index (χ0v) is 13.7. The molecule has 2 atom stereocenters. The highest BCUT2D eigenvalue weighted by molar-refractivity contribution is 5.82. The molecule has 3 saturated heterocycles. The van der Waals surface area contributed by atoms with Gasteiger partial charge in [0.1, 0.15) is 0 Å². The summed E-state index contributed by atoms with van der Waals surface area (Å²) in [6, 6.07) is -0.322. The molecule has 3 aliphatic rings. The van der Waals surface area contributed by atoms with Crippen LogP contribution >= 0.6 is 0 Å². The summed E-state index contributed by atoms with van der Waals surface area (Å²) in [4.78, 5) is 17.2. The van der Waals surface area contributed by atoms with Crippen LogP contribution in [-0.4, -0.2) is 67.7 Å². The van der Waals surface area contributed by atoms with Crippen molar-refractivity contribution in [3.63, 3.8) is 0 Å². The highest BCUT2D eigenvalue weighted by Crippen LogP contribution is 2.23. The molecule has 2 N–H and O–H groups in total. The fraction of sp³-hybridized carbons (Fsp3) is 0.941. The van der Waals surface area contributed by atoms with Gasteiger partial charge in [0.25, 0.3) is 0 Å². The second-order valence-corrected chi connectivity index (χ2v) is 7.28. The summed E-state index contributed by atoms with van der Waals surface area (Å²) >= 11 is 0. The van der Waals surface area contributed by atoms with E-state index in [0.717, 1.165) is 52.1 Å². The molecule has 0 spiro atoms. The van der Waals surface area contributed by atoms with Gasteiger partial charge in [-0.2, -0.15) is 0 Å². The number of carbonyl (C=O) groups is 1. The third kappa shape index (κ3) is 4.00. The van der Waals surface area contributed by atoms with E-state index < -0.39 is 0 Å². The van der Waals surface area contributed by atoms with Gasteiger partial charge in [0.15, 0.2) is 0 Å². The fourth-order valence-electron chi connectivity index (χ4n) is 4.18. The minimum absolute atomic E-state index is 0.174. The average Bonchev–Trinajstić information content (AvgIpc) is 3.04. The van der Waals surface area contributed by atoms with E-state index in [4.69, 9.17) is 10.5 Å². The van der Waals surface area contributed by atoms with Crippen LogP contribution in [0.5, 0.6) is 0 Å². The van der Waals surface area contributed by atoms with E-state index in [-0.39, 0.29) is 11.9 Å². The molecule has 0 bridgehead atoms. The first-order valence-corrected chi connectivity index (χ1v) is 9.08. The topological polar surface area (TPSA) is 58.8 Å². The molecule has 126 valence electrons. The number of nitrogens with two attached hydrogens (primary N) is 1. The lowest BCUT2D eigenvalue weighted by molar-refractivity contribution is -0.133. The fourth-order valence-corrected chi connectivity index (χ4v) is 4.18. The van der Waals surface area contributed by atoms with Gasteiger partial charge in [-0.3, -0.25) is 4.79 Å². The summed E-state index contributed by atoms with van der Waals surface area (Å²) < 4.78 is 5.37. The zero-order valence-electron chi connectivity index (χ0n) is 13.7. The van der Waals surface area contributed by atoms with Crippen molar-refractivity contribution < 1.29 is 9.53 Å². The Morgan fingerprint density at radius 3 is 2.55 bits per heavy atom. The van der Waals surface area contributed by atoms with Gasteiger partial charge in [-0.05, 0) is 57.0 Å². The molecule has 1 amide bonds. The quantitative estimate of drug-likeness (QED) is 0.844.